The highest BCUT2D eigenvalue weighted by atomic mass is 32.1. The van der Waals surface area contributed by atoms with Gasteiger partial charge in [-0.1, -0.05) is 30.0 Å². The molecule has 1 heterocycles. The minimum Gasteiger partial charge on any atom is -0.493 e. The van der Waals surface area contributed by atoms with Gasteiger partial charge in [0, 0.05) is 11.3 Å². The number of methoxy groups -OCH3 is 2. The van der Waals surface area contributed by atoms with Gasteiger partial charge in [0.2, 0.25) is 0 Å². The van der Waals surface area contributed by atoms with Crippen molar-refractivity contribution in [3.05, 3.63) is 76.0 Å². The number of hydrogen-bond donors (Lipinski definition) is 1. The third kappa shape index (κ3) is 4.05. The van der Waals surface area contributed by atoms with Gasteiger partial charge in [0.25, 0.3) is 5.91 Å². The molecule has 0 radical (unpaired) electrons. The lowest BCUT2D eigenvalue weighted by Gasteiger charge is -2.12. The molecule has 1 N–H and O–H groups in total. The molecule has 4 nitrogen and oxygen atoms in total. The van der Waals surface area contributed by atoms with Crippen molar-refractivity contribution < 1.29 is 14.3 Å². The van der Waals surface area contributed by atoms with Crippen LogP contribution in [0.1, 0.15) is 20.8 Å². The number of ether oxygens (including phenoxy) is 2. The Hall–Kier alpha value is -3.23. The Balaban J connectivity index is 1.81. The van der Waals surface area contributed by atoms with Crippen LogP contribution >= 0.6 is 11.3 Å². The molecule has 0 aliphatic rings. The van der Waals surface area contributed by atoms with Crippen molar-refractivity contribution in [3.8, 4) is 23.3 Å². The van der Waals surface area contributed by atoms with E-state index in [9.17, 15) is 4.79 Å². The summed E-state index contributed by atoms with van der Waals surface area (Å²) in [6.45, 7) is 0. The van der Waals surface area contributed by atoms with Gasteiger partial charge in [-0.15, -0.1) is 11.3 Å². The smallest absolute Gasteiger partial charge is 0.259 e. The first kappa shape index (κ1) is 17.6. The number of anilines is 1. The third-order valence-electron chi connectivity index (χ3n) is 3.62. The molecular weight excluding hydrogens is 346 g/mol. The zero-order chi connectivity index (χ0) is 18.4. The fourth-order valence-electron chi connectivity index (χ4n) is 2.42. The van der Waals surface area contributed by atoms with Crippen LogP contribution in [0, 0.1) is 11.8 Å². The fourth-order valence-corrected chi connectivity index (χ4v) is 2.99. The Labute approximate surface area is 156 Å². The molecule has 0 unspecified atom stereocenters. The van der Waals surface area contributed by atoms with E-state index in [1.807, 2.05) is 41.8 Å². The van der Waals surface area contributed by atoms with Crippen molar-refractivity contribution in [2.75, 3.05) is 19.5 Å². The van der Waals surface area contributed by atoms with Gasteiger partial charge >= 0.3 is 0 Å². The van der Waals surface area contributed by atoms with Crippen LogP contribution in [-0.4, -0.2) is 20.1 Å². The number of benzene rings is 2. The van der Waals surface area contributed by atoms with E-state index in [1.54, 1.807) is 29.5 Å². The van der Waals surface area contributed by atoms with Crippen LogP contribution < -0.4 is 14.8 Å². The van der Waals surface area contributed by atoms with Crippen molar-refractivity contribution in [1.29, 1.82) is 0 Å². The van der Waals surface area contributed by atoms with E-state index in [2.05, 4.69) is 17.2 Å². The lowest BCUT2D eigenvalue weighted by molar-refractivity contribution is 0.102. The quantitative estimate of drug-likeness (QED) is 0.698. The summed E-state index contributed by atoms with van der Waals surface area (Å²) < 4.78 is 10.6. The molecular formula is C21H17NO3S. The second kappa shape index (κ2) is 8.24. The van der Waals surface area contributed by atoms with Crippen molar-refractivity contribution in [1.82, 2.24) is 0 Å². The summed E-state index contributed by atoms with van der Waals surface area (Å²) in [7, 11) is 3.05. The standard InChI is InChI=1S/C21H17NO3S/c1-24-19-10-4-9-18(20(19)25-2)21(23)22-16-7-3-6-15(14-16)11-12-17-8-5-13-26-17/h3-10,13-14H,1-2H3,(H,22,23). The molecule has 0 saturated carbocycles. The van der Waals surface area contributed by atoms with Crippen LogP contribution in [0.2, 0.25) is 0 Å². The maximum absolute atomic E-state index is 12.6. The highest BCUT2D eigenvalue weighted by molar-refractivity contribution is 7.10. The van der Waals surface area contributed by atoms with Gasteiger partial charge < -0.3 is 14.8 Å². The van der Waals surface area contributed by atoms with Crippen LogP contribution in [0.3, 0.4) is 0 Å². The Kier molecular flexibility index (Phi) is 5.57. The molecule has 1 aromatic heterocycles. The first-order valence-corrected chi connectivity index (χ1v) is 8.77. The summed E-state index contributed by atoms with van der Waals surface area (Å²) in [4.78, 5) is 13.6. The summed E-state index contributed by atoms with van der Waals surface area (Å²) in [5.74, 6) is 6.85. The minimum atomic E-state index is -0.274. The number of carbonyl (C=O) groups excluding carboxylic acids is 1. The van der Waals surface area contributed by atoms with Gasteiger partial charge in [0.05, 0.1) is 24.7 Å². The van der Waals surface area contributed by atoms with Gasteiger partial charge in [-0.25, -0.2) is 0 Å². The number of hydrogen-bond acceptors (Lipinski definition) is 4. The van der Waals surface area contributed by atoms with E-state index in [4.69, 9.17) is 9.47 Å². The molecule has 0 saturated heterocycles. The number of para-hydroxylation sites is 1. The van der Waals surface area contributed by atoms with Crippen molar-refractivity contribution >= 4 is 22.9 Å². The molecule has 26 heavy (non-hydrogen) atoms. The molecule has 5 heteroatoms. The predicted molar refractivity (Wildman–Crippen MR) is 104 cm³/mol. The molecule has 0 aliphatic heterocycles. The molecule has 3 rings (SSSR count). The summed E-state index contributed by atoms with van der Waals surface area (Å²) >= 11 is 1.59. The van der Waals surface area contributed by atoms with E-state index in [-0.39, 0.29) is 5.91 Å². The van der Waals surface area contributed by atoms with E-state index < -0.39 is 0 Å². The Morgan fingerprint density at radius 1 is 1.00 bits per heavy atom. The summed E-state index contributed by atoms with van der Waals surface area (Å²) in [5, 5.41) is 4.87. The largest absolute Gasteiger partial charge is 0.493 e. The van der Waals surface area contributed by atoms with Crippen molar-refractivity contribution in [3.63, 3.8) is 0 Å². The molecule has 130 valence electrons. The highest BCUT2D eigenvalue weighted by Crippen LogP contribution is 2.31. The Morgan fingerprint density at radius 2 is 1.85 bits per heavy atom. The lowest BCUT2D eigenvalue weighted by Crippen LogP contribution is -2.13. The second-order valence-electron chi connectivity index (χ2n) is 5.30. The normalized spacial score (nSPS) is 9.77. The number of amides is 1. The zero-order valence-electron chi connectivity index (χ0n) is 14.4. The maximum atomic E-state index is 12.6. The lowest BCUT2D eigenvalue weighted by atomic mass is 10.1. The molecule has 1 amide bonds. The third-order valence-corrected chi connectivity index (χ3v) is 4.40. The molecule has 3 aromatic rings. The summed E-state index contributed by atoms with van der Waals surface area (Å²) in [5.41, 5.74) is 1.90. The molecule has 2 aromatic carbocycles. The van der Waals surface area contributed by atoms with E-state index in [1.165, 1.54) is 14.2 Å². The van der Waals surface area contributed by atoms with Crippen molar-refractivity contribution in [2.24, 2.45) is 0 Å². The monoisotopic (exact) mass is 363 g/mol. The van der Waals surface area contributed by atoms with Gasteiger partial charge in [0.15, 0.2) is 11.5 Å². The predicted octanol–water partition coefficient (Wildman–Crippen LogP) is 4.42. The van der Waals surface area contributed by atoms with E-state index in [0.29, 0.717) is 22.7 Å². The topological polar surface area (TPSA) is 47.6 Å². The zero-order valence-corrected chi connectivity index (χ0v) is 15.2. The average Bonchev–Trinajstić information content (AvgIpc) is 3.19. The Bertz CT molecular complexity index is 968. The first-order chi connectivity index (χ1) is 12.7. The molecule has 0 atom stereocenters. The molecule has 0 spiro atoms. The SMILES string of the molecule is COc1cccc(C(=O)Nc2cccc(C#Cc3cccs3)c2)c1OC. The summed E-state index contributed by atoms with van der Waals surface area (Å²) in [6, 6.07) is 16.5. The fraction of sp³-hybridized carbons (Fsp3) is 0.0952. The molecule has 0 bridgehead atoms. The van der Waals surface area contributed by atoms with Gasteiger partial charge in [-0.2, -0.15) is 0 Å². The van der Waals surface area contributed by atoms with Gasteiger partial charge in [-0.3, -0.25) is 4.79 Å². The number of thiophene rings is 1. The van der Waals surface area contributed by atoms with Crippen LogP contribution in [-0.2, 0) is 0 Å². The van der Waals surface area contributed by atoms with E-state index >= 15 is 0 Å². The number of rotatable bonds is 4. The van der Waals surface area contributed by atoms with E-state index in [0.717, 1.165) is 10.4 Å². The van der Waals surface area contributed by atoms with Crippen LogP contribution in [0.4, 0.5) is 5.69 Å². The minimum absolute atomic E-state index is 0.274. The van der Waals surface area contributed by atoms with Crippen LogP contribution in [0.5, 0.6) is 11.5 Å². The molecule has 0 fully saturated rings. The van der Waals surface area contributed by atoms with Crippen LogP contribution in [0.25, 0.3) is 0 Å². The summed E-state index contributed by atoms with van der Waals surface area (Å²) in [6.07, 6.45) is 0. The number of carbonyl (C=O) groups is 1. The average molecular weight is 363 g/mol. The van der Waals surface area contributed by atoms with Crippen LogP contribution in [0.15, 0.2) is 60.0 Å². The van der Waals surface area contributed by atoms with Gasteiger partial charge in [0.1, 0.15) is 0 Å². The second-order valence-corrected chi connectivity index (χ2v) is 6.25. The highest BCUT2D eigenvalue weighted by Gasteiger charge is 2.16. The van der Waals surface area contributed by atoms with Crippen molar-refractivity contribution in [2.45, 2.75) is 0 Å². The number of nitrogens with one attached hydrogen (secondary N) is 1. The maximum Gasteiger partial charge on any atom is 0.259 e. The van der Waals surface area contributed by atoms with Gasteiger partial charge in [-0.05, 0) is 41.8 Å². The Morgan fingerprint density at radius 3 is 2.58 bits per heavy atom. The first-order valence-electron chi connectivity index (χ1n) is 7.89. The molecule has 0 aliphatic carbocycles.